The molecule has 0 saturated carbocycles. The minimum absolute atomic E-state index is 0.0227. The first-order valence-electron chi connectivity index (χ1n) is 9.10. The summed E-state index contributed by atoms with van der Waals surface area (Å²) in [6.07, 6.45) is 0.105. The van der Waals surface area contributed by atoms with Crippen molar-refractivity contribution in [1.29, 1.82) is 0 Å². The van der Waals surface area contributed by atoms with Gasteiger partial charge in [0.15, 0.2) is 6.61 Å². The minimum Gasteiger partial charge on any atom is -0.456 e. The molecular weight excluding hydrogens is 398 g/mol. The lowest BCUT2D eigenvalue weighted by molar-refractivity contribution is -0.149. The normalized spacial score (nSPS) is 10.2. The van der Waals surface area contributed by atoms with Crippen LogP contribution in [0.3, 0.4) is 0 Å². The largest absolute Gasteiger partial charge is 0.456 e. The van der Waals surface area contributed by atoms with Gasteiger partial charge in [-0.3, -0.25) is 24.5 Å². The number of hydrogen-bond acceptors (Lipinski definition) is 5. The van der Waals surface area contributed by atoms with E-state index in [4.69, 9.17) is 4.74 Å². The van der Waals surface area contributed by atoms with Crippen LogP contribution < -0.4 is 10.6 Å². The Hall–Kier alpha value is -3.62. The van der Waals surface area contributed by atoms with Crippen LogP contribution in [-0.2, 0) is 25.5 Å². The maximum atomic E-state index is 13.5. The van der Waals surface area contributed by atoms with Crippen molar-refractivity contribution >= 4 is 23.7 Å². The number of hydrogen-bond donors (Lipinski definition) is 2. The third kappa shape index (κ3) is 7.78. The number of carbonyl (C=O) groups is 4. The highest BCUT2D eigenvalue weighted by Crippen LogP contribution is 2.09. The second-order valence-electron chi connectivity index (χ2n) is 6.28. The van der Waals surface area contributed by atoms with Crippen LogP contribution in [0.5, 0.6) is 0 Å². The third-order valence-electron chi connectivity index (χ3n) is 3.87. The zero-order valence-electron chi connectivity index (χ0n) is 16.0. The zero-order chi connectivity index (χ0) is 21.9. The van der Waals surface area contributed by atoms with Crippen molar-refractivity contribution in [3.8, 4) is 0 Å². The number of ether oxygens (including phenoxy) is 1. The number of esters is 1. The van der Waals surface area contributed by atoms with Crippen LogP contribution in [0.25, 0.3) is 0 Å². The van der Waals surface area contributed by atoms with Crippen LogP contribution in [0, 0.1) is 11.6 Å². The van der Waals surface area contributed by atoms with Gasteiger partial charge in [-0.05, 0) is 24.1 Å². The van der Waals surface area contributed by atoms with E-state index in [1.807, 2.05) is 0 Å². The van der Waals surface area contributed by atoms with Gasteiger partial charge in [-0.15, -0.1) is 0 Å². The van der Waals surface area contributed by atoms with Gasteiger partial charge in [-0.1, -0.05) is 30.3 Å². The molecule has 0 aromatic heterocycles. The fourth-order valence-corrected chi connectivity index (χ4v) is 2.44. The highest BCUT2D eigenvalue weighted by Gasteiger charge is 2.13. The molecule has 158 valence electrons. The number of amides is 3. The van der Waals surface area contributed by atoms with Gasteiger partial charge in [-0.2, -0.15) is 0 Å². The number of carbonyl (C=O) groups excluding carboxylic acids is 4. The van der Waals surface area contributed by atoms with Crippen LogP contribution in [0.4, 0.5) is 8.78 Å². The molecule has 0 radical (unpaired) electrons. The molecule has 0 heterocycles. The summed E-state index contributed by atoms with van der Waals surface area (Å²) < 4.78 is 31.1. The van der Waals surface area contributed by atoms with E-state index >= 15 is 0 Å². The fraction of sp³-hybridized carbons (Fsp3) is 0.238. The smallest absolute Gasteiger partial charge is 0.306 e. The van der Waals surface area contributed by atoms with Crippen molar-refractivity contribution in [3.05, 3.63) is 71.3 Å². The predicted octanol–water partition coefficient (Wildman–Crippen LogP) is 1.90. The molecule has 7 nitrogen and oxygen atoms in total. The Morgan fingerprint density at radius 1 is 0.933 bits per heavy atom. The molecule has 0 atom stereocenters. The van der Waals surface area contributed by atoms with Crippen molar-refractivity contribution in [3.63, 3.8) is 0 Å². The molecule has 0 spiro atoms. The average Bonchev–Trinajstić information content (AvgIpc) is 2.70. The molecule has 0 saturated heterocycles. The molecule has 0 aliphatic heterocycles. The summed E-state index contributed by atoms with van der Waals surface area (Å²) in [7, 11) is 0. The van der Waals surface area contributed by atoms with Gasteiger partial charge in [0.05, 0.1) is 12.0 Å². The molecule has 2 aromatic carbocycles. The Kier molecular flexibility index (Phi) is 8.61. The second-order valence-corrected chi connectivity index (χ2v) is 6.28. The molecular formula is C21H20F2N2O5. The molecule has 9 heteroatoms. The van der Waals surface area contributed by atoms with Crippen molar-refractivity contribution in [2.24, 2.45) is 0 Å². The standard InChI is InChI=1S/C21H20F2N2O5/c22-15-8-9-16(17(23)12-15)21(29)24-10-4-7-20(28)30-13-19(27)25-18(26)11-14-5-2-1-3-6-14/h1-3,5-6,8-9,12H,4,7,10-11,13H2,(H,24,29)(H,25,26,27). The Labute approximate surface area is 171 Å². The summed E-state index contributed by atoms with van der Waals surface area (Å²) in [6.45, 7) is -0.557. The molecule has 0 fully saturated rings. The highest BCUT2D eigenvalue weighted by atomic mass is 19.1. The summed E-state index contributed by atoms with van der Waals surface area (Å²) in [5.74, 6) is -4.47. The summed E-state index contributed by atoms with van der Waals surface area (Å²) >= 11 is 0. The van der Waals surface area contributed by atoms with Gasteiger partial charge in [0.25, 0.3) is 11.8 Å². The van der Waals surface area contributed by atoms with Gasteiger partial charge in [-0.25, -0.2) is 8.78 Å². The molecule has 2 aromatic rings. The van der Waals surface area contributed by atoms with Crippen LogP contribution >= 0.6 is 0 Å². The predicted molar refractivity (Wildman–Crippen MR) is 102 cm³/mol. The molecule has 2 rings (SSSR count). The molecule has 0 aliphatic rings. The molecule has 2 N–H and O–H groups in total. The van der Waals surface area contributed by atoms with E-state index in [2.05, 4.69) is 10.6 Å². The fourth-order valence-electron chi connectivity index (χ4n) is 2.44. The summed E-state index contributed by atoms with van der Waals surface area (Å²) in [5, 5.41) is 4.51. The molecule has 0 unspecified atom stereocenters. The first kappa shape index (κ1) is 22.7. The Balaban J connectivity index is 1.61. The highest BCUT2D eigenvalue weighted by molar-refractivity contribution is 5.97. The van der Waals surface area contributed by atoms with Crippen LogP contribution in [0.2, 0.25) is 0 Å². The van der Waals surface area contributed by atoms with E-state index in [1.165, 1.54) is 0 Å². The molecule has 0 aliphatic carbocycles. The number of halogens is 2. The topological polar surface area (TPSA) is 102 Å². The lowest BCUT2D eigenvalue weighted by Gasteiger charge is -2.07. The van der Waals surface area contributed by atoms with Crippen molar-refractivity contribution in [2.75, 3.05) is 13.2 Å². The lowest BCUT2D eigenvalue weighted by atomic mass is 10.1. The summed E-state index contributed by atoms with van der Waals surface area (Å²) in [5.41, 5.74) is 0.429. The second kappa shape index (κ2) is 11.4. The first-order valence-corrected chi connectivity index (χ1v) is 9.10. The number of benzene rings is 2. The van der Waals surface area contributed by atoms with Gasteiger partial charge in [0.2, 0.25) is 5.91 Å². The van der Waals surface area contributed by atoms with E-state index in [9.17, 15) is 28.0 Å². The van der Waals surface area contributed by atoms with E-state index < -0.39 is 41.9 Å². The maximum Gasteiger partial charge on any atom is 0.306 e. The molecule has 30 heavy (non-hydrogen) atoms. The Morgan fingerprint density at radius 2 is 1.67 bits per heavy atom. The zero-order valence-corrected chi connectivity index (χ0v) is 16.0. The summed E-state index contributed by atoms with van der Waals surface area (Å²) in [6, 6.07) is 11.4. The van der Waals surface area contributed by atoms with Gasteiger partial charge >= 0.3 is 5.97 Å². The maximum absolute atomic E-state index is 13.5. The Bertz CT molecular complexity index is 919. The average molecular weight is 418 g/mol. The quantitative estimate of drug-likeness (QED) is 0.479. The van der Waals surface area contributed by atoms with Crippen molar-refractivity contribution < 1.29 is 32.7 Å². The first-order chi connectivity index (χ1) is 14.3. The lowest BCUT2D eigenvalue weighted by Crippen LogP contribution is -2.35. The van der Waals surface area contributed by atoms with Gasteiger partial charge in [0, 0.05) is 19.0 Å². The number of imide groups is 1. The van der Waals surface area contributed by atoms with Crippen LogP contribution in [-0.4, -0.2) is 36.8 Å². The van der Waals surface area contributed by atoms with Crippen molar-refractivity contribution in [2.45, 2.75) is 19.3 Å². The van der Waals surface area contributed by atoms with E-state index in [-0.39, 0.29) is 31.4 Å². The molecule has 3 amide bonds. The van der Waals surface area contributed by atoms with E-state index in [0.29, 0.717) is 6.07 Å². The third-order valence-corrected chi connectivity index (χ3v) is 3.87. The summed E-state index contributed by atoms with van der Waals surface area (Å²) in [4.78, 5) is 46.8. The van der Waals surface area contributed by atoms with Crippen molar-refractivity contribution in [1.82, 2.24) is 10.6 Å². The number of nitrogens with one attached hydrogen (secondary N) is 2. The van der Waals surface area contributed by atoms with Crippen LogP contribution in [0.15, 0.2) is 48.5 Å². The van der Waals surface area contributed by atoms with Gasteiger partial charge < -0.3 is 10.1 Å². The van der Waals surface area contributed by atoms with Crippen LogP contribution in [0.1, 0.15) is 28.8 Å². The van der Waals surface area contributed by atoms with E-state index in [0.717, 1.165) is 17.7 Å². The Morgan fingerprint density at radius 3 is 2.37 bits per heavy atom. The monoisotopic (exact) mass is 418 g/mol. The SMILES string of the molecule is O=C(COC(=O)CCCNC(=O)c1ccc(F)cc1F)NC(=O)Cc1ccccc1. The van der Waals surface area contributed by atoms with E-state index in [1.54, 1.807) is 30.3 Å². The molecule has 0 bridgehead atoms. The van der Waals surface area contributed by atoms with Gasteiger partial charge in [0.1, 0.15) is 11.6 Å². The number of rotatable bonds is 9. The minimum atomic E-state index is -0.986.